The number of nitrogens with zero attached hydrogens (tertiary/aromatic N) is 1. The molecule has 0 unspecified atom stereocenters. The summed E-state index contributed by atoms with van der Waals surface area (Å²) in [5.74, 6) is -1.21. The smallest absolute Gasteiger partial charge is 0.296 e. The van der Waals surface area contributed by atoms with E-state index in [1.54, 1.807) is 42.5 Å². The van der Waals surface area contributed by atoms with Crippen molar-refractivity contribution < 1.29 is 9.59 Å². The van der Waals surface area contributed by atoms with Gasteiger partial charge in [-0.2, -0.15) is 0 Å². The predicted molar refractivity (Wildman–Crippen MR) is 99.7 cm³/mol. The highest BCUT2D eigenvalue weighted by atomic mass is 35.5. The van der Waals surface area contributed by atoms with E-state index in [1.807, 2.05) is 36.6 Å². The Morgan fingerprint density at radius 1 is 0.960 bits per heavy atom. The number of Topliss-reactive ketones (excluding diaryl/α,β-unsaturated/α-hetero) is 1. The number of hydrogen-bond acceptors (Lipinski definition) is 2. The molecule has 0 aliphatic rings. The van der Waals surface area contributed by atoms with Gasteiger partial charge in [0.05, 0.1) is 0 Å². The molecule has 5 heteroatoms. The van der Waals surface area contributed by atoms with Gasteiger partial charge < -0.3 is 9.88 Å². The monoisotopic (exact) mass is 352 g/mol. The van der Waals surface area contributed by atoms with E-state index in [1.165, 1.54) is 0 Å². The van der Waals surface area contributed by atoms with Gasteiger partial charge in [0, 0.05) is 33.3 Å². The quantitative estimate of drug-likeness (QED) is 0.552. The molecule has 1 N–H and O–H groups in total. The summed E-state index contributed by atoms with van der Waals surface area (Å²) in [7, 11) is 0. The van der Waals surface area contributed by atoms with Gasteiger partial charge in [0.25, 0.3) is 11.7 Å². The number of carbonyl (C=O) groups excluding carboxylic acids is 2. The summed E-state index contributed by atoms with van der Waals surface area (Å²) in [4.78, 5) is 24.9. The number of nitrogens with one attached hydrogen (secondary N) is 1. The van der Waals surface area contributed by atoms with Crippen molar-refractivity contribution in [2.24, 2.45) is 0 Å². The molecule has 0 bridgehead atoms. The van der Waals surface area contributed by atoms with Gasteiger partial charge in [-0.15, -0.1) is 0 Å². The van der Waals surface area contributed by atoms with Crippen molar-refractivity contribution in [3.63, 3.8) is 0 Å². The number of para-hydroxylation sites is 1. The largest absolute Gasteiger partial charge is 0.319 e. The van der Waals surface area contributed by atoms with Crippen LogP contribution in [0.3, 0.4) is 0 Å². The standard InChI is InChI=1S/C20H17ClN2O2/c1-13-12-18(14(2)23(13)17-10-8-15(21)9-11-17)19(24)20(25)22-16-6-4-3-5-7-16/h3-12H,1-2H3,(H,22,25). The molecule has 0 aliphatic carbocycles. The van der Waals surface area contributed by atoms with Gasteiger partial charge in [-0.1, -0.05) is 29.8 Å². The van der Waals surface area contributed by atoms with Crippen LogP contribution in [0, 0.1) is 13.8 Å². The summed E-state index contributed by atoms with van der Waals surface area (Å²) < 4.78 is 1.93. The Morgan fingerprint density at radius 2 is 1.60 bits per heavy atom. The highest BCUT2D eigenvalue weighted by Crippen LogP contribution is 2.23. The maximum atomic E-state index is 12.6. The molecule has 4 nitrogen and oxygen atoms in total. The van der Waals surface area contributed by atoms with E-state index in [2.05, 4.69) is 5.32 Å². The van der Waals surface area contributed by atoms with Gasteiger partial charge in [-0.3, -0.25) is 9.59 Å². The van der Waals surface area contributed by atoms with Gasteiger partial charge >= 0.3 is 0 Å². The van der Waals surface area contributed by atoms with Crippen molar-refractivity contribution in [3.8, 4) is 5.69 Å². The summed E-state index contributed by atoms with van der Waals surface area (Å²) in [5.41, 5.74) is 3.46. The summed E-state index contributed by atoms with van der Waals surface area (Å²) in [6, 6.07) is 18.0. The average Bonchev–Trinajstić information content (AvgIpc) is 2.90. The predicted octanol–water partition coefficient (Wildman–Crippen LogP) is 4.57. The first-order chi connectivity index (χ1) is 12.0. The Balaban J connectivity index is 1.90. The number of aryl methyl sites for hydroxylation is 1. The Bertz CT molecular complexity index is 928. The first-order valence-corrected chi connectivity index (χ1v) is 8.21. The topological polar surface area (TPSA) is 51.1 Å². The van der Waals surface area contributed by atoms with Crippen molar-refractivity contribution >= 4 is 29.0 Å². The highest BCUT2D eigenvalue weighted by molar-refractivity contribution is 6.46. The molecule has 126 valence electrons. The van der Waals surface area contributed by atoms with Gasteiger partial charge in [0.1, 0.15) is 0 Å². The minimum atomic E-state index is -0.650. The molecular weight excluding hydrogens is 336 g/mol. The lowest BCUT2D eigenvalue weighted by molar-refractivity contribution is -0.112. The van der Waals surface area contributed by atoms with Crippen LogP contribution in [-0.4, -0.2) is 16.3 Å². The number of carbonyl (C=O) groups is 2. The van der Waals surface area contributed by atoms with E-state index >= 15 is 0 Å². The first kappa shape index (κ1) is 17.0. The van der Waals surface area contributed by atoms with Crippen LogP contribution in [0.5, 0.6) is 0 Å². The van der Waals surface area contributed by atoms with Crippen LogP contribution in [0.2, 0.25) is 5.02 Å². The third-order valence-corrected chi connectivity index (χ3v) is 4.25. The summed E-state index contributed by atoms with van der Waals surface area (Å²) in [5, 5.41) is 3.27. The number of halogens is 1. The van der Waals surface area contributed by atoms with Gasteiger partial charge in [-0.05, 0) is 56.3 Å². The van der Waals surface area contributed by atoms with Crippen LogP contribution in [0.15, 0.2) is 60.7 Å². The van der Waals surface area contributed by atoms with E-state index < -0.39 is 11.7 Å². The number of amides is 1. The molecular formula is C20H17ClN2O2. The molecule has 2 aromatic carbocycles. The fourth-order valence-electron chi connectivity index (χ4n) is 2.81. The summed E-state index contributed by atoms with van der Waals surface area (Å²) >= 11 is 5.94. The first-order valence-electron chi connectivity index (χ1n) is 7.83. The number of aromatic nitrogens is 1. The molecule has 25 heavy (non-hydrogen) atoms. The number of anilines is 1. The van der Waals surface area contributed by atoms with Gasteiger partial charge in [0.2, 0.25) is 0 Å². The van der Waals surface area contributed by atoms with E-state index in [4.69, 9.17) is 11.6 Å². The molecule has 3 rings (SSSR count). The summed E-state index contributed by atoms with van der Waals surface area (Å²) in [6.45, 7) is 3.72. The average molecular weight is 353 g/mol. The zero-order valence-electron chi connectivity index (χ0n) is 13.9. The van der Waals surface area contributed by atoms with Crippen molar-refractivity contribution in [1.29, 1.82) is 0 Å². The fraction of sp³-hybridized carbons (Fsp3) is 0.100. The normalized spacial score (nSPS) is 10.5. The number of hydrogen-bond donors (Lipinski definition) is 1. The molecule has 0 fully saturated rings. The van der Waals surface area contributed by atoms with Crippen LogP contribution in [0.1, 0.15) is 21.7 Å². The van der Waals surface area contributed by atoms with Crippen LogP contribution in [-0.2, 0) is 4.79 Å². The lowest BCUT2D eigenvalue weighted by Crippen LogP contribution is -2.23. The maximum absolute atomic E-state index is 12.6. The van der Waals surface area contributed by atoms with E-state index in [0.717, 1.165) is 11.4 Å². The van der Waals surface area contributed by atoms with E-state index in [-0.39, 0.29) is 0 Å². The van der Waals surface area contributed by atoms with Crippen LogP contribution in [0.4, 0.5) is 5.69 Å². The number of rotatable bonds is 4. The lowest BCUT2D eigenvalue weighted by atomic mass is 10.1. The zero-order chi connectivity index (χ0) is 18.0. The Labute approximate surface area is 151 Å². The van der Waals surface area contributed by atoms with E-state index in [9.17, 15) is 9.59 Å². The molecule has 1 amide bonds. The molecule has 0 aliphatic heterocycles. The fourth-order valence-corrected chi connectivity index (χ4v) is 2.94. The highest BCUT2D eigenvalue weighted by Gasteiger charge is 2.22. The van der Waals surface area contributed by atoms with Crippen molar-refractivity contribution in [3.05, 3.63) is 82.6 Å². The second-order valence-corrected chi connectivity index (χ2v) is 6.18. The molecule has 0 radical (unpaired) electrons. The molecule has 3 aromatic rings. The molecule has 0 saturated heterocycles. The summed E-state index contributed by atoms with van der Waals surface area (Å²) in [6.07, 6.45) is 0. The van der Waals surface area contributed by atoms with Crippen molar-refractivity contribution in [1.82, 2.24) is 4.57 Å². The minimum Gasteiger partial charge on any atom is -0.319 e. The third kappa shape index (κ3) is 3.49. The molecule has 0 saturated carbocycles. The molecule has 1 aromatic heterocycles. The Kier molecular flexibility index (Phi) is 4.72. The molecule has 0 spiro atoms. The van der Waals surface area contributed by atoms with Crippen LogP contribution >= 0.6 is 11.6 Å². The molecule has 0 atom stereocenters. The third-order valence-electron chi connectivity index (χ3n) is 4.00. The van der Waals surface area contributed by atoms with E-state index in [0.29, 0.717) is 22.0 Å². The second kappa shape index (κ2) is 6.95. The minimum absolute atomic E-state index is 0.390. The lowest BCUT2D eigenvalue weighted by Gasteiger charge is -2.10. The SMILES string of the molecule is Cc1cc(C(=O)C(=O)Nc2ccccc2)c(C)n1-c1ccc(Cl)cc1. The van der Waals surface area contributed by atoms with Gasteiger partial charge in [0.15, 0.2) is 0 Å². The number of ketones is 1. The number of benzene rings is 2. The van der Waals surface area contributed by atoms with Crippen molar-refractivity contribution in [2.45, 2.75) is 13.8 Å². The second-order valence-electron chi connectivity index (χ2n) is 5.75. The Morgan fingerprint density at radius 3 is 2.24 bits per heavy atom. The Hall–Kier alpha value is -2.85. The van der Waals surface area contributed by atoms with Gasteiger partial charge in [-0.25, -0.2) is 0 Å². The zero-order valence-corrected chi connectivity index (χ0v) is 14.7. The van der Waals surface area contributed by atoms with Crippen LogP contribution in [0.25, 0.3) is 5.69 Å². The molecule has 1 heterocycles. The van der Waals surface area contributed by atoms with Crippen molar-refractivity contribution in [2.75, 3.05) is 5.32 Å². The van der Waals surface area contributed by atoms with Crippen LogP contribution < -0.4 is 5.32 Å². The maximum Gasteiger partial charge on any atom is 0.296 e.